The molecule has 106 valence electrons. The van der Waals surface area contributed by atoms with Crippen LogP contribution >= 0.6 is 0 Å². The Morgan fingerprint density at radius 2 is 1.74 bits per heavy atom. The molecule has 5 nitrogen and oxygen atoms in total. The smallest absolute Gasteiger partial charge is 0.408 e. The molecule has 0 aromatic heterocycles. The van der Waals surface area contributed by atoms with E-state index in [1.165, 1.54) is 6.92 Å². The molecule has 0 spiro atoms. The van der Waals surface area contributed by atoms with Gasteiger partial charge in [0.2, 0.25) is 0 Å². The summed E-state index contributed by atoms with van der Waals surface area (Å²) in [6, 6.07) is 3.48. The zero-order chi connectivity index (χ0) is 14.8. The van der Waals surface area contributed by atoms with Gasteiger partial charge < -0.3 is 9.94 Å². The maximum Gasteiger partial charge on any atom is 0.408 e. The first kappa shape index (κ1) is 15.5. The molecule has 1 aromatic rings. The van der Waals surface area contributed by atoms with Crippen LogP contribution in [0, 0.1) is 26.0 Å². The van der Waals surface area contributed by atoms with Crippen LogP contribution in [-0.2, 0) is 14.8 Å². The number of hydrogen-bond acceptors (Lipinski definition) is 4. The van der Waals surface area contributed by atoms with Gasteiger partial charge in [-0.15, -0.1) is 0 Å². The number of aryl methyl sites for hydroxylation is 3. The predicted molar refractivity (Wildman–Crippen MR) is 73.8 cm³/mol. The van der Waals surface area contributed by atoms with E-state index >= 15 is 0 Å². The second-order valence-corrected chi connectivity index (χ2v) is 6.10. The van der Waals surface area contributed by atoms with Gasteiger partial charge in [-0.3, -0.25) is 0 Å². The standard InChI is InChI=1S/C13H19NO4S/c1-6-18-12(5)14(15)19(16,17)13-10(3)7-9(2)8-11(13)4/h7-8H,6H2,1-5H3. The van der Waals surface area contributed by atoms with Crippen molar-refractivity contribution in [3.05, 3.63) is 34.0 Å². The Balaban J connectivity index is 3.49. The minimum atomic E-state index is -4.12. The normalized spacial score (nSPS) is 13.1. The maximum atomic E-state index is 12.3. The number of benzene rings is 1. The van der Waals surface area contributed by atoms with E-state index in [-0.39, 0.29) is 21.5 Å². The second-order valence-electron chi connectivity index (χ2n) is 4.41. The lowest BCUT2D eigenvalue weighted by atomic mass is 10.1. The first-order valence-corrected chi connectivity index (χ1v) is 7.42. The summed E-state index contributed by atoms with van der Waals surface area (Å²) in [5.74, 6) is -0.179. The fourth-order valence-corrected chi connectivity index (χ4v) is 3.58. The summed E-state index contributed by atoms with van der Waals surface area (Å²) in [6.07, 6.45) is 0. The quantitative estimate of drug-likeness (QED) is 0.281. The van der Waals surface area contributed by atoms with E-state index in [1.807, 2.05) is 6.92 Å². The average molecular weight is 285 g/mol. The third-order valence-corrected chi connectivity index (χ3v) is 4.54. The van der Waals surface area contributed by atoms with Gasteiger partial charge in [-0.05, 0) is 38.8 Å². The largest absolute Gasteiger partial charge is 0.605 e. The Morgan fingerprint density at radius 3 is 2.16 bits per heavy atom. The molecule has 0 saturated carbocycles. The van der Waals surface area contributed by atoms with E-state index in [2.05, 4.69) is 0 Å². The summed E-state index contributed by atoms with van der Waals surface area (Å²) >= 11 is 0. The molecule has 0 heterocycles. The molecule has 0 bridgehead atoms. The van der Waals surface area contributed by atoms with Gasteiger partial charge in [0.1, 0.15) is 4.90 Å². The summed E-state index contributed by atoms with van der Waals surface area (Å²) in [5, 5.41) is 11.9. The first-order valence-electron chi connectivity index (χ1n) is 5.98. The Kier molecular flexibility index (Phi) is 4.57. The number of rotatable bonds is 3. The molecule has 0 N–H and O–H groups in total. The molecule has 6 heteroatoms. The molecule has 0 aliphatic rings. The van der Waals surface area contributed by atoms with Gasteiger partial charge in [0.15, 0.2) is 0 Å². The van der Waals surface area contributed by atoms with Crippen molar-refractivity contribution in [2.75, 3.05) is 6.61 Å². The molecule has 19 heavy (non-hydrogen) atoms. The van der Waals surface area contributed by atoms with Crippen LogP contribution in [0.25, 0.3) is 0 Å². The topological polar surface area (TPSA) is 69.4 Å². The van der Waals surface area contributed by atoms with Gasteiger partial charge in [0.25, 0.3) is 0 Å². The molecule has 0 radical (unpaired) electrons. The van der Waals surface area contributed by atoms with E-state index in [0.29, 0.717) is 11.1 Å². The number of sulfonamides is 1. The highest BCUT2D eigenvalue weighted by atomic mass is 32.2. The molecule has 1 rings (SSSR count). The van der Waals surface area contributed by atoms with Gasteiger partial charge in [0.05, 0.1) is 13.5 Å². The first-order chi connectivity index (χ1) is 8.71. The van der Waals surface area contributed by atoms with Crippen LogP contribution in [0.4, 0.5) is 0 Å². The summed E-state index contributed by atoms with van der Waals surface area (Å²) in [5.41, 5.74) is 2.07. The molecule has 1 aromatic carbocycles. The maximum absolute atomic E-state index is 12.3. The monoisotopic (exact) mass is 285 g/mol. The van der Waals surface area contributed by atoms with E-state index in [0.717, 1.165) is 5.56 Å². The molecule has 0 unspecified atom stereocenters. The van der Waals surface area contributed by atoms with Gasteiger partial charge >= 0.3 is 15.9 Å². The second kappa shape index (κ2) is 5.61. The van der Waals surface area contributed by atoms with Gasteiger partial charge in [-0.1, -0.05) is 21.8 Å². The van der Waals surface area contributed by atoms with Crippen molar-refractivity contribution in [3.8, 4) is 0 Å². The summed E-state index contributed by atoms with van der Waals surface area (Å²) < 4.78 is 29.5. The molecule has 0 saturated heterocycles. The van der Waals surface area contributed by atoms with Gasteiger partial charge in [0, 0.05) is 0 Å². The molecule has 0 fully saturated rings. The van der Waals surface area contributed by atoms with E-state index in [9.17, 15) is 13.6 Å². The van der Waals surface area contributed by atoms with Crippen molar-refractivity contribution < 1.29 is 17.3 Å². The molecular formula is C13H19NO4S. The fourth-order valence-electron chi connectivity index (χ4n) is 2.09. The Hall–Kier alpha value is -1.56. The number of hydrogen-bond donors (Lipinski definition) is 0. The Bertz CT molecular complexity index is 595. The molecule has 0 amide bonds. The third-order valence-electron chi connectivity index (χ3n) is 2.69. The summed E-state index contributed by atoms with van der Waals surface area (Å²) in [6.45, 7) is 8.50. The lowest BCUT2D eigenvalue weighted by Gasteiger charge is -2.12. The van der Waals surface area contributed by atoms with Crippen molar-refractivity contribution in [3.63, 3.8) is 0 Å². The van der Waals surface area contributed by atoms with Crippen molar-refractivity contribution in [2.45, 2.75) is 39.5 Å². The lowest BCUT2D eigenvalue weighted by Crippen LogP contribution is -2.24. The van der Waals surface area contributed by atoms with E-state index in [4.69, 9.17) is 4.74 Å². The highest BCUT2D eigenvalue weighted by Gasteiger charge is 2.30. The minimum absolute atomic E-state index is 0.0483. The van der Waals surface area contributed by atoms with E-state index < -0.39 is 10.0 Å². The Morgan fingerprint density at radius 1 is 1.26 bits per heavy atom. The average Bonchev–Trinajstić information content (AvgIpc) is 2.26. The Labute approximate surface area is 114 Å². The zero-order valence-corrected chi connectivity index (χ0v) is 12.7. The van der Waals surface area contributed by atoms with Crippen molar-refractivity contribution in [2.24, 2.45) is 0 Å². The van der Waals surface area contributed by atoms with E-state index in [1.54, 1.807) is 32.9 Å². The fraction of sp³-hybridized carbons (Fsp3) is 0.462. The highest BCUT2D eigenvalue weighted by Crippen LogP contribution is 2.23. The molecule has 0 aliphatic heterocycles. The van der Waals surface area contributed by atoms with Crippen molar-refractivity contribution >= 4 is 15.9 Å². The van der Waals surface area contributed by atoms with Crippen LogP contribution < -0.4 is 0 Å². The van der Waals surface area contributed by atoms with Crippen LogP contribution in [0.5, 0.6) is 0 Å². The molecule has 0 atom stereocenters. The zero-order valence-electron chi connectivity index (χ0n) is 11.9. The van der Waals surface area contributed by atoms with Crippen molar-refractivity contribution in [1.29, 1.82) is 0 Å². The predicted octanol–water partition coefficient (Wildman–Crippen LogP) is 2.27. The van der Waals surface area contributed by atoms with Crippen LogP contribution in [-0.4, -0.2) is 25.1 Å². The minimum Gasteiger partial charge on any atom is -0.605 e. The van der Waals surface area contributed by atoms with Crippen molar-refractivity contribution in [1.82, 2.24) is 0 Å². The van der Waals surface area contributed by atoms with Crippen LogP contribution in [0.3, 0.4) is 0 Å². The van der Waals surface area contributed by atoms with Gasteiger partial charge in [-0.25, -0.2) is 0 Å². The van der Waals surface area contributed by atoms with Crippen LogP contribution in [0.2, 0.25) is 0 Å². The number of nitrogens with zero attached hydrogens (tertiary/aromatic N) is 1. The SMILES string of the molecule is CCOC(C)=[N+]([O-])S(=O)(=O)c1c(C)cc(C)cc1C. The highest BCUT2D eigenvalue weighted by molar-refractivity contribution is 7.85. The summed E-state index contributed by atoms with van der Waals surface area (Å²) in [7, 11) is -4.12. The van der Waals surface area contributed by atoms with Crippen LogP contribution in [0.15, 0.2) is 17.0 Å². The third kappa shape index (κ3) is 3.07. The number of ether oxygens (including phenoxy) is 1. The van der Waals surface area contributed by atoms with Gasteiger partial charge in [-0.2, -0.15) is 8.42 Å². The lowest BCUT2D eigenvalue weighted by molar-refractivity contribution is -0.296. The molecule has 0 aliphatic carbocycles. The molecular weight excluding hydrogens is 266 g/mol. The summed E-state index contributed by atoms with van der Waals surface area (Å²) in [4.78, 5) is 0.0483. The van der Waals surface area contributed by atoms with Crippen LogP contribution in [0.1, 0.15) is 30.5 Å².